The Morgan fingerprint density at radius 2 is 2.07 bits per heavy atom. The van der Waals surface area contributed by atoms with Gasteiger partial charge < -0.3 is 9.30 Å². The maximum Gasteiger partial charge on any atom is 0.250 e. The van der Waals surface area contributed by atoms with Gasteiger partial charge in [-0.1, -0.05) is 23.4 Å². The lowest BCUT2D eigenvalue weighted by Gasteiger charge is -2.07. The van der Waals surface area contributed by atoms with E-state index in [-0.39, 0.29) is 11.7 Å². The Balaban J connectivity index is 1.58. The van der Waals surface area contributed by atoms with E-state index in [1.165, 1.54) is 11.8 Å². The molecule has 0 aliphatic carbocycles. The van der Waals surface area contributed by atoms with Crippen molar-refractivity contribution in [2.45, 2.75) is 18.6 Å². The molecule has 0 bridgehead atoms. The maximum atomic E-state index is 12.1. The fourth-order valence-corrected chi connectivity index (χ4v) is 4.08. The number of hydrogen-bond donors (Lipinski definition) is 1. The standard InChI is InChI=1S/C20H19BrClN5O2S/c1-3-27-19(14-5-7-15(22)8-6-14)25-26-20(27)30-12-18(28)24-23-11-13-4-9-17(29-2)16(21)10-13/h4-11H,3,12H2,1-2H3,(H,24,28). The van der Waals surface area contributed by atoms with Gasteiger partial charge in [0.1, 0.15) is 5.75 Å². The van der Waals surface area contributed by atoms with Crippen LogP contribution in [-0.4, -0.2) is 39.7 Å². The number of ether oxygens (including phenoxy) is 1. The van der Waals surface area contributed by atoms with Crippen LogP contribution in [-0.2, 0) is 11.3 Å². The van der Waals surface area contributed by atoms with Gasteiger partial charge in [0.25, 0.3) is 5.91 Å². The van der Waals surface area contributed by atoms with Crippen molar-refractivity contribution in [2.24, 2.45) is 5.10 Å². The van der Waals surface area contributed by atoms with Crippen LogP contribution in [0.2, 0.25) is 5.02 Å². The third kappa shape index (κ3) is 5.62. The number of rotatable bonds is 8. The molecular formula is C20H19BrClN5O2S. The van der Waals surface area contributed by atoms with Crippen LogP contribution in [0.25, 0.3) is 11.4 Å². The second-order valence-corrected chi connectivity index (χ2v) is 8.27. The normalized spacial score (nSPS) is 11.1. The first kappa shape index (κ1) is 22.3. The van der Waals surface area contributed by atoms with Crippen LogP contribution < -0.4 is 10.2 Å². The average molecular weight is 509 g/mol. The molecule has 30 heavy (non-hydrogen) atoms. The number of aromatic nitrogens is 3. The van der Waals surface area contributed by atoms with Gasteiger partial charge in [0.15, 0.2) is 11.0 Å². The largest absolute Gasteiger partial charge is 0.496 e. The molecule has 10 heteroatoms. The number of carbonyl (C=O) groups excluding carboxylic acids is 1. The molecule has 0 aliphatic rings. The summed E-state index contributed by atoms with van der Waals surface area (Å²) in [4.78, 5) is 12.1. The Labute approximate surface area is 192 Å². The lowest BCUT2D eigenvalue weighted by molar-refractivity contribution is -0.118. The van der Waals surface area contributed by atoms with E-state index in [2.05, 4.69) is 36.7 Å². The minimum absolute atomic E-state index is 0.169. The summed E-state index contributed by atoms with van der Waals surface area (Å²) in [7, 11) is 1.60. The van der Waals surface area contributed by atoms with Gasteiger partial charge in [0.2, 0.25) is 0 Å². The van der Waals surface area contributed by atoms with Gasteiger partial charge in [-0.2, -0.15) is 5.10 Å². The number of amides is 1. The van der Waals surface area contributed by atoms with E-state index in [1.54, 1.807) is 13.3 Å². The fraction of sp³-hybridized carbons (Fsp3) is 0.200. The summed E-state index contributed by atoms with van der Waals surface area (Å²) in [6, 6.07) is 12.9. The topological polar surface area (TPSA) is 81.4 Å². The van der Waals surface area contributed by atoms with Gasteiger partial charge >= 0.3 is 0 Å². The maximum absolute atomic E-state index is 12.1. The van der Waals surface area contributed by atoms with E-state index < -0.39 is 0 Å². The van der Waals surface area contributed by atoms with Crippen LogP contribution in [0.3, 0.4) is 0 Å². The molecule has 2 aromatic carbocycles. The van der Waals surface area contributed by atoms with Crippen LogP contribution in [0.15, 0.2) is 57.2 Å². The predicted octanol–water partition coefficient (Wildman–Crippen LogP) is 4.63. The molecule has 0 atom stereocenters. The summed E-state index contributed by atoms with van der Waals surface area (Å²) in [6.45, 7) is 2.68. The molecule has 0 spiro atoms. The van der Waals surface area contributed by atoms with Crippen molar-refractivity contribution in [2.75, 3.05) is 12.9 Å². The second-order valence-electron chi connectivity index (χ2n) is 6.03. The highest BCUT2D eigenvalue weighted by Crippen LogP contribution is 2.26. The van der Waals surface area contributed by atoms with Crippen molar-refractivity contribution >= 4 is 51.4 Å². The smallest absolute Gasteiger partial charge is 0.250 e. The molecule has 1 N–H and O–H groups in total. The fourth-order valence-electron chi connectivity index (χ4n) is 2.60. The van der Waals surface area contributed by atoms with Gasteiger partial charge in [-0.05, 0) is 70.9 Å². The number of halogens is 2. The highest BCUT2D eigenvalue weighted by Gasteiger charge is 2.14. The van der Waals surface area contributed by atoms with E-state index >= 15 is 0 Å². The molecular weight excluding hydrogens is 490 g/mol. The van der Waals surface area contributed by atoms with Crippen molar-refractivity contribution in [1.29, 1.82) is 0 Å². The number of benzene rings is 2. The zero-order chi connectivity index (χ0) is 21.5. The average Bonchev–Trinajstić information content (AvgIpc) is 3.16. The molecule has 3 rings (SSSR count). The number of hydrogen-bond acceptors (Lipinski definition) is 6. The summed E-state index contributed by atoms with van der Waals surface area (Å²) >= 11 is 10.7. The summed E-state index contributed by atoms with van der Waals surface area (Å²) in [5, 5.41) is 13.8. The summed E-state index contributed by atoms with van der Waals surface area (Å²) < 4.78 is 7.96. The number of methoxy groups -OCH3 is 1. The van der Waals surface area contributed by atoms with Crippen molar-refractivity contribution in [3.05, 3.63) is 57.5 Å². The molecule has 0 saturated heterocycles. The molecule has 0 saturated carbocycles. The zero-order valence-corrected chi connectivity index (χ0v) is 19.5. The van der Waals surface area contributed by atoms with Crippen LogP contribution in [0.5, 0.6) is 5.75 Å². The van der Waals surface area contributed by atoms with Crippen LogP contribution in [0.4, 0.5) is 0 Å². The predicted molar refractivity (Wildman–Crippen MR) is 123 cm³/mol. The Kier molecular flexibility index (Phi) is 7.89. The van der Waals surface area contributed by atoms with Crippen LogP contribution in [0, 0.1) is 0 Å². The number of carbonyl (C=O) groups is 1. The van der Waals surface area contributed by atoms with Crippen molar-refractivity contribution in [1.82, 2.24) is 20.2 Å². The van der Waals surface area contributed by atoms with E-state index in [0.29, 0.717) is 16.7 Å². The van der Waals surface area contributed by atoms with Gasteiger partial charge in [0, 0.05) is 17.1 Å². The Morgan fingerprint density at radius 3 is 2.73 bits per heavy atom. The third-order valence-corrected chi connectivity index (χ3v) is 5.89. The van der Waals surface area contributed by atoms with Crippen molar-refractivity contribution < 1.29 is 9.53 Å². The van der Waals surface area contributed by atoms with Gasteiger partial charge in [-0.25, -0.2) is 5.43 Å². The quantitative estimate of drug-likeness (QED) is 0.272. The van der Waals surface area contributed by atoms with Gasteiger partial charge in [-0.15, -0.1) is 10.2 Å². The van der Waals surface area contributed by atoms with Crippen molar-refractivity contribution in [3.63, 3.8) is 0 Å². The van der Waals surface area contributed by atoms with E-state index in [4.69, 9.17) is 16.3 Å². The number of nitrogens with zero attached hydrogens (tertiary/aromatic N) is 4. The van der Waals surface area contributed by atoms with Gasteiger partial charge in [0.05, 0.1) is 23.5 Å². The molecule has 3 aromatic rings. The lowest BCUT2D eigenvalue weighted by Crippen LogP contribution is -2.20. The number of nitrogens with one attached hydrogen (secondary N) is 1. The molecule has 0 aliphatic heterocycles. The molecule has 1 amide bonds. The second kappa shape index (κ2) is 10.6. The minimum Gasteiger partial charge on any atom is -0.496 e. The van der Waals surface area contributed by atoms with Crippen LogP contribution in [0.1, 0.15) is 12.5 Å². The first-order chi connectivity index (χ1) is 14.5. The van der Waals surface area contributed by atoms with Crippen molar-refractivity contribution in [3.8, 4) is 17.1 Å². The molecule has 0 unspecified atom stereocenters. The molecule has 7 nitrogen and oxygen atoms in total. The van der Waals surface area contributed by atoms with E-state index in [9.17, 15) is 4.79 Å². The summed E-state index contributed by atoms with van der Waals surface area (Å²) in [5.41, 5.74) is 4.27. The third-order valence-electron chi connectivity index (χ3n) is 4.05. The molecule has 1 heterocycles. The molecule has 1 aromatic heterocycles. The molecule has 0 radical (unpaired) electrons. The number of thioether (sulfide) groups is 1. The Hall–Kier alpha value is -2.36. The zero-order valence-electron chi connectivity index (χ0n) is 16.3. The highest BCUT2D eigenvalue weighted by molar-refractivity contribution is 9.10. The highest BCUT2D eigenvalue weighted by atomic mass is 79.9. The van der Waals surface area contributed by atoms with E-state index in [0.717, 1.165) is 27.2 Å². The summed E-state index contributed by atoms with van der Waals surface area (Å²) in [6.07, 6.45) is 1.57. The summed E-state index contributed by atoms with van der Waals surface area (Å²) in [5.74, 6) is 1.40. The Bertz CT molecular complexity index is 1060. The first-order valence-electron chi connectivity index (χ1n) is 8.99. The van der Waals surface area contributed by atoms with E-state index in [1.807, 2.05) is 54.0 Å². The molecule has 0 fully saturated rings. The molecule has 156 valence electrons. The monoisotopic (exact) mass is 507 g/mol. The van der Waals surface area contributed by atoms with Crippen LogP contribution >= 0.6 is 39.3 Å². The first-order valence-corrected chi connectivity index (χ1v) is 11.1. The number of hydrazone groups is 1. The van der Waals surface area contributed by atoms with Gasteiger partial charge in [-0.3, -0.25) is 4.79 Å². The minimum atomic E-state index is -0.234. The SMILES string of the molecule is CCn1c(SCC(=O)NN=Cc2ccc(OC)c(Br)c2)nnc1-c1ccc(Cl)cc1. The Morgan fingerprint density at radius 1 is 1.30 bits per heavy atom. The lowest BCUT2D eigenvalue weighted by atomic mass is 10.2.